The Morgan fingerprint density at radius 2 is 1.81 bits per heavy atom. The Labute approximate surface area is 129 Å². The SMILES string of the molecule is Cc1nc2ccc(NC(c3ccccc3)C(C)C)cc2s1. The molecular formula is C18H20N2S. The highest BCUT2D eigenvalue weighted by Gasteiger charge is 2.15. The van der Waals surface area contributed by atoms with Gasteiger partial charge in [-0.1, -0.05) is 44.2 Å². The van der Waals surface area contributed by atoms with Crippen molar-refractivity contribution in [1.82, 2.24) is 4.98 Å². The average Bonchev–Trinajstić information content (AvgIpc) is 2.84. The zero-order valence-electron chi connectivity index (χ0n) is 12.6. The van der Waals surface area contributed by atoms with Crippen molar-refractivity contribution in [1.29, 1.82) is 0 Å². The monoisotopic (exact) mass is 296 g/mol. The zero-order valence-corrected chi connectivity index (χ0v) is 13.4. The summed E-state index contributed by atoms with van der Waals surface area (Å²) in [5.41, 5.74) is 3.57. The Morgan fingerprint density at radius 3 is 2.52 bits per heavy atom. The summed E-state index contributed by atoms with van der Waals surface area (Å²) in [5.74, 6) is 0.520. The van der Waals surface area contributed by atoms with E-state index in [9.17, 15) is 0 Å². The lowest BCUT2D eigenvalue weighted by molar-refractivity contribution is 0.546. The van der Waals surface area contributed by atoms with Crippen LogP contribution in [0, 0.1) is 12.8 Å². The van der Waals surface area contributed by atoms with Gasteiger partial charge < -0.3 is 5.32 Å². The highest BCUT2D eigenvalue weighted by Crippen LogP contribution is 2.30. The van der Waals surface area contributed by atoms with Crippen LogP contribution in [0.4, 0.5) is 5.69 Å². The van der Waals surface area contributed by atoms with E-state index in [1.165, 1.54) is 10.3 Å². The molecule has 3 rings (SSSR count). The quantitative estimate of drug-likeness (QED) is 0.696. The van der Waals surface area contributed by atoms with Gasteiger partial charge in [-0.2, -0.15) is 0 Å². The first-order valence-corrected chi connectivity index (χ1v) is 8.14. The van der Waals surface area contributed by atoms with E-state index in [1.54, 1.807) is 11.3 Å². The number of anilines is 1. The van der Waals surface area contributed by atoms with E-state index in [0.29, 0.717) is 12.0 Å². The van der Waals surface area contributed by atoms with E-state index in [1.807, 2.05) is 0 Å². The van der Waals surface area contributed by atoms with Gasteiger partial charge in [0.2, 0.25) is 0 Å². The zero-order chi connectivity index (χ0) is 14.8. The molecule has 2 nitrogen and oxygen atoms in total. The van der Waals surface area contributed by atoms with Crippen LogP contribution < -0.4 is 5.32 Å². The topological polar surface area (TPSA) is 24.9 Å². The number of aryl methyl sites for hydroxylation is 1. The Bertz CT molecular complexity index is 731. The molecule has 1 unspecified atom stereocenters. The van der Waals surface area contributed by atoms with Crippen molar-refractivity contribution in [2.75, 3.05) is 5.32 Å². The molecule has 3 aromatic rings. The third-order valence-corrected chi connectivity index (χ3v) is 4.58. The molecule has 0 radical (unpaired) electrons. The Morgan fingerprint density at radius 1 is 1.05 bits per heavy atom. The summed E-state index contributed by atoms with van der Waals surface area (Å²) in [7, 11) is 0. The van der Waals surface area contributed by atoms with Crippen molar-refractivity contribution in [2.45, 2.75) is 26.8 Å². The predicted molar refractivity (Wildman–Crippen MR) is 92.0 cm³/mol. The van der Waals surface area contributed by atoms with Gasteiger partial charge in [0.1, 0.15) is 0 Å². The van der Waals surface area contributed by atoms with Crippen LogP contribution in [0.2, 0.25) is 0 Å². The fourth-order valence-electron chi connectivity index (χ4n) is 2.60. The molecule has 0 saturated carbocycles. The summed E-state index contributed by atoms with van der Waals surface area (Å²) < 4.78 is 1.24. The van der Waals surface area contributed by atoms with E-state index < -0.39 is 0 Å². The number of aromatic nitrogens is 1. The van der Waals surface area contributed by atoms with Gasteiger partial charge in [0.25, 0.3) is 0 Å². The second-order valence-electron chi connectivity index (χ2n) is 5.69. The van der Waals surface area contributed by atoms with Gasteiger partial charge in [-0.05, 0) is 36.6 Å². The number of benzene rings is 2. The average molecular weight is 296 g/mol. The molecule has 0 aliphatic carbocycles. The number of nitrogens with one attached hydrogen (secondary N) is 1. The minimum atomic E-state index is 0.317. The number of nitrogens with zero attached hydrogens (tertiary/aromatic N) is 1. The normalized spacial score (nSPS) is 12.8. The van der Waals surface area contributed by atoms with Gasteiger partial charge >= 0.3 is 0 Å². The summed E-state index contributed by atoms with van der Waals surface area (Å²) in [6.45, 7) is 6.55. The van der Waals surface area contributed by atoms with Gasteiger partial charge in [-0.15, -0.1) is 11.3 Å². The maximum Gasteiger partial charge on any atom is 0.0907 e. The van der Waals surface area contributed by atoms with Crippen molar-refractivity contribution >= 4 is 27.2 Å². The van der Waals surface area contributed by atoms with Crippen LogP contribution in [-0.2, 0) is 0 Å². The Hall–Kier alpha value is -1.87. The van der Waals surface area contributed by atoms with Crippen molar-refractivity contribution < 1.29 is 0 Å². The van der Waals surface area contributed by atoms with Crippen LogP contribution in [0.15, 0.2) is 48.5 Å². The molecule has 0 aliphatic rings. The first kappa shape index (κ1) is 14.1. The molecule has 2 aromatic carbocycles. The van der Waals surface area contributed by atoms with Gasteiger partial charge in [0.15, 0.2) is 0 Å². The molecule has 108 valence electrons. The van der Waals surface area contributed by atoms with Gasteiger partial charge in [-0.3, -0.25) is 0 Å². The molecular weight excluding hydrogens is 276 g/mol. The standard InChI is InChI=1S/C18H20N2S/c1-12(2)18(14-7-5-4-6-8-14)20-15-9-10-16-17(11-15)21-13(3)19-16/h4-12,18,20H,1-3H3. The van der Waals surface area contributed by atoms with Crippen LogP contribution in [0.3, 0.4) is 0 Å². The summed E-state index contributed by atoms with van der Waals surface area (Å²) >= 11 is 1.75. The highest BCUT2D eigenvalue weighted by atomic mass is 32.1. The van der Waals surface area contributed by atoms with Crippen molar-refractivity contribution in [3.8, 4) is 0 Å². The van der Waals surface area contributed by atoms with E-state index >= 15 is 0 Å². The minimum Gasteiger partial charge on any atom is -0.378 e. The molecule has 0 fully saturated rings. The van der Waals surface area contributed by atoms with Crippen LogP contribution in [0.5, 0.6) is 0 Å². The molecule has 21 heavy (non-hydrogen) atoms. The van der Waals surface area contributed by atoms with Crippen LogP contribution >= 0.6 is 11.3 Å². The molecule has 1 heterocycles. The van der Waals surface area contributed by atoms with Crippen LogP contribution in [0.25, 0.3) is 10.2 Å². The Kier molecular flexibility index (Phi) is 3.93. The number of hydrogen-bond donors (Lipinski definition) is 1. The van der Waals surface area contributed by atoms with E-state index in [4.69, 9.17) is 0 Å². The molecule has 0 bridgehead atoms. The van der Waals surface area contributed by atoms with E-state index in [0.717, 1.165) is 16.2 Å². The molecule has 1 aromatic heterocycles. The molecule has 0 aliphatic heterocycles. The third kappa shape index (κ3) is 3.08. The molecule has 0 spiro atoms. The first-order chi connectivity index (χ1) is 10.1. The third-order valence-electron chi connectivity index (χ3n) is 3.64. The number of rotatable bonds is 4. The fraction of sp³-hybridized carbons (Fsp3) is 0.278. The van der Waals surface area contributed by atoms with E-state index in [2.05, 4.69) is 79.6 Å². The smallest absolute Gasteiger partial charge is 0.0907 e. The van der Waals surface area contributed by atoms with Crippen molar-refractivity contribution in [2.24, 2.45) is 5.92 Å². The number of fused-ring (bicyclic) bond motifs is 1. The summed E-state index contributed by atoms with van der Waals surface area (Å²) in [4.78, 5) is 4.52. The maximum atomic E-state index is 4.52. The molecule has 1 atom stereocenters. The van der Waals surface area contributed by atoms with Crippen LogP contribution in [-0.4, -0.2) is 4.98 Å². The second kappa shape index (κ2) is 5.86. The van der Waals surface area contributed by atoms with Crippen molar-refractivity contribution in [3.05, 3.63) is 59.1 Å². The van der Waals surface area contributed by atoms with Gasteiger partial charge in [0, 0.05) is 5.69 Å². The lowest BCUT2D eigenvalue weighted by Crippen LogP contribution is -2.16. The summed E-state index contributed by atoms with van der Waals surface area (Å²) in [6.07, 6.45) is 0. The highest BCUT2D eigenvalue weighted by molar-refractivity contribution is 7.18. The predicted octanol–water partition coefficient (Wildman–Crippen LogP) is 5.41. The molecule has 1 N–H and O–H groups in total. The van der Waals surface area contributed by atoms with Gasteiger partial charge in [-0.25, -0.2) is 4.98 Å². The van der Waals surface area contributed by atoms with Gasteiger partial charge in [0.05, 0.1) is 21.3 Å². The molecule has 0 amide bonds. The van der Waals surface area contributed by atoms with Crippen LogP contribution in [0.1, 0.15) is 30.5 Å². The van der Waals surface area contributed by atoms with Crippen molar-refractivity contribution in [3.63, 3.8) is 0 Å². The summed E-state index contributed by atoms with van der Waals surface area (Å²) in [5, 5.41) is 4.79. The molecule has 3 heteroatoms. The number of hydrogen-bond acceptors (Lipinski definition) is 3. The molecule has 0 saturated heterocycles. The lowest BCUT2D eigenvalue weighted by Gasteiger charge is -2.24. The largest absolute Gasteiger partial charge is 0.378 e. The fourth-order valence-corrected chi connectivity index (χ4v) is 3.47. The summed E-state index contributed by atoms with van der Waals surface area (Å²) in [6, 6.07) is 17.4. The minimum absolute atomic E-state index is 0.317. The van der Waals surface area contributed by atoms with E-state index in [-0.39, 0.29) is 0 Å². The maximum absolute atomic E-state index is 4.52. The number of thiazole rings is 1. The lowest BCUT2D eigenvalue weighted by atomic mass is 9.96. The second-order valence-corrected chi connectivity index (χ2v) is 6.93. The first-order valence-electron chi connectivity index (χ1n) is 7.32. The Balaban J connectivity index is 1.90.